The molecule has 0 aromatic carbocycles. The summed E-state index contributed by atoms with van der Waals surface area (Å²) in [5, 5.41) is 12.9. The van der Waals surface area contributed by atoms with E-state index in [1.165, 1.54) is 31.7 Å². The van der Waals surface area contributed by atoms with Crippen LogP contribution in [-0.4, -0.2) is 44.2 Å². The van der Waals surface area contributed by atoms with Gasteiger partial charge in [-0.05, 0) is 13.8 Å². The normalized spacial score (nSPS) is 17.6. The highest BCUT2D eigenvalue weighted by Crippen LogP contribution is 2.23. The second-order valence-corrected chi connectivity index (χ2v) is 5.28. The molecule has 112 valence electrons. The molecule has 2 heterocycles. The molecule has 1 aliphatic rings. The number of hydrogen-bond donors (Lipinski definition) is 1. The van der Waals surface area contributed by atoms with E-state index in [0.717, 1.165) is 11.0 Å². The van der Waals surface area contributed by atoms with E-state index in [9.17, 15) is 24.5 Å². The van der Waals surface area contributed by atoms with Crippen LogP contribution < -0.4 is 5.32 Å². The second-order valence-electron chi connectivity index (χ2n) is 5.28. The van der Waals surface area contributed by atoms with Gasteiger partial charge in [-0.15, -0.1) is 0 Å². The molecule has 0 spiro atoms. The summed E-state index contributed by atoms with van der Waals surface area (Å²) >= 11 is 0. The predicted molar refractivity (Wildman–Crippen MR) is 70.3 cm³/mol. The standard InChI is InChI=1S/C12H14N4O5/c1-12(2)11(19)13-9(17)6-15(12)10(18)8-4-7(16(20)21)5-14(8)3/h4-5H,6H2,1-3H3,(H,13,17,19). The van der Waals surface area contributed by atoms with Crippen molar-refractivity contribution in [3.05, 3.63) is 28.1 Å². The number of amides is 3. The zero-order valence-corrected chi connectivity index (χ0v) is 11.7. The number of imide groups is 1. The van der Waals surface area contributed by atoms with Gasteiger partial charge in [-0.2, -0.15) is 0 Å². The highest BCUT2D eigenvalue weighted by Gasteiger charge is 2.44. The van der Waals surface area contributed by atoms with Crippen LogP contribution in [0.1, 0.15) is 24.3 Å². The van der Waals surface area contributed by atoms with Gasteiger partial charge >= 0.3 is 0 Å². The van der Waals surface area contributed by atoms with E-state index >= 15 is 0 Å². The third-order valence-corrected chi connectivity index (χ3v) is 3.45. The predicted octanol–water partition coefficient (Wildman–Crippen LogP) is -0.190. The minimum Gasteiger partial charge on any atom is -0.340 e. The maximum atomic E-state index is 12.5. The number of nitro groups is 1. The molecule has 3 amide bonds. The molecule has 1 aromatic rings. The zero-order chi connectivity index (χ0) is 15.9. The van der Waals surface area contributed by atoms with E-state index in [4.69, 9.17) is 0 Å². The Morgan fingerprint density at radius 3 is 2.57 bits per heavy atom. The maximum Gasteiger partial charge on any atom is 0.287 e. The molecular formula is C12H14N4O5. The van der Waals surface area contributed by atoms with Crippen molar-refractivity contribution in [3.63, 3.8) is 0 Å². The summed E-state index contributed by atoms with van der Waals surface area (Å²) in [4.78, 5) is 47.0. The third-order valence-electron chi connectivity index (χ3n) is 3.45. The van der Waals surface area contributed by atoms with Gasteiger partial charge in [0.2, 0.25) is 5.91 Å². The lowest BCUT2D eigenvalue weighted by molar-refractivity contribution is -0.384. The number of nitrogens with one attached hydrogen (secondary N) is 1. The van der Waals surface area contributed by atoms with E-state index in [1.54, 1.807) is 0 Å². The SMILES string of the molecule is Cn1cc([N+](=O)[O-])cc1C(=O)N1CC(=O)NC(=O)C1(C)C. The number of carbonyl (C=O) groups excluding carboxylic acids is 3. The summed E-state index contributed by atoms with van der Waals surface area (Å²) < 4.78 is 1.30. The van der Waals surface area contributed by atoms with Gasteiger partial charge in [0.05, 0.1) is 11.1 Å². The van der Waals surface area contributed by atoms with E-state index in [0.29, 0.717) is 0 Å². The number of nitrogens with zero attached hydrogens (tertiary/aromatic N) is 3. The summed E-state index contributed by atoms with van der Waals surface area (Å²) in [5.74, 6) is -1.79. The Kier molecular flexibility index (Phi) is 3.28. The first kappa shape index (κ1) is 14.7. The van der Waals surface area contributed by atoms with Gasteiger partial charge in [0.25, 0.3) is 17.5 Å². The monoisotopic (exact) mass is 294 g/mol. The number of aromatic nitrogens is 1. The fourth-order valence-electron chi connectivity index (χ4n) is 2.11. The lowest BCUT2D eigenvalue weighted by Crippen LogP contribution is -2.65. The summed E-state index contributed by atoms with van der Waals surface area (Å²) in [6, 6.07) is 1.12. The molecule has 2 rings (SSSR count). The smallest absolute Gasteiger partial charge is 0.287 e. The Morgan fingerprint density at radius 2 is 2.05 bits per heavy atom. The number of hydrogen-bond acceptors (Lipinski definition) is 5. The topological polar surface area (TPSA) is 115 Å². The molecule has 0 saturated carbocycles. The number of carbonyl (C=O) groups is 3. The molecule has 1 saturated heterocycles. The summed E-state index contributed by atoms with van der Waals surface area (Å²) in [5.41, 5.74) is -1.41. The second kappa shape index (κ2) is 4.69. The Labute approximate surface area is 119 Å². The van der Waals surface area contributed by atoms with E-state index < -0.39 is 28.2 Å². The van der Waals surface area contributed by atoms with Crippen LogP contribution in [0.3, 0.4) is 0 Å². The van der Waals surface area contributed by atoms with E-state index in [2.05, 4.69) is 5.32 Å². The van der Waals surface area contributed by atoms with Crippen molar-refractivity contribution in [2.45, 2.75) is 19.4 Å². The van der Waals surface area contributed by atoms with Crippen LogP contribution >= 0.6 is 0 Å². The Hall–Kier alpha value is -2.71. The lowest BCUT2D eigenvalue weighted by atomic mass is 9.98. The largest absolute Gasteiger partial charge is 0.340 e. The quantitative estimate of drug-likeness (QED) is 0.461. The first-order valence-electron chi connectivity index (χ1n) is 6.11. The van der Waals surface area contributed by atoms with Gasteiger partial charge in [0.1, 0.15) is 17.8 Å². The van der Waals surface area contributed by atoms with Crippen molar-refractivity contribution in [3.8, 4) is 0 Å². The highest BCUT2D eigenvalue weighted by molar-refractivity contribution is 6.08. The van der Waals surface area contributed by atoms with Crippen LogP contribution in [0.15, 0.2) is 12.3 Å². The number of aryl methyl sites for hydroxylation is 1. The van der Waals surface area contributed by atoms with Gasteiger partial charge in [-0.1, -0.05) is 0 Å². The first-order chi connectivity index (χ1) is 9.64. The molecule has 1 aromatic heterocycles. The van der Waals surface area contributed by atoms with Gasteiger partial charge in [0, 0.05) is 13.1 Å². The average Bonchev–Trinajstić information content (AvgIpc) is 2.76. The Bertz CT molecular complexity index is 661. The summed E-state index contributed by atoms with van der Waals surface area (Å²) in [7, 11) is 1.49. The molecule has 0 bridgehead atoms. The van der Waals surface area contributed by atoms with Crippen molar-refractivity contribution in [1.82, 2.24) is 14.8 Å². The Morgan fingerprint density at radius 1 is 1.43 bits per heavy atom. The molecule has 1 N–H and O–H groups in total. The molecule has 9 nitrogen and oxygen atoms in total. The molecule has 0 unspecified atom stereocenters. The third kappa shape index (κ3) is 2.37. The van der Waals surface area contributed by atoms with Crippen LogP contribution in [0.5, 0.6) is 0 Å². The van der Waals surface area contributed by atoms with Crippen LogP contribution in [0.4, 0.5) is 5.69 Å². The lowest BCUT2D eigenvalue weighted by Gasteiger charge is -2.40. The fourth-order valence-corrected chi connectivity index (χ4v) is 2.11. The van der Waals surface area contributed by atoms with Crippen LogP contribution in [0, 0.1) is 10.1 Å². The fraction of sp³-hybridized carbons (Fsp3) is 0.417. The molecular weight excluding hydrogens is 280 g/mol. The van der Waals surface area contributed by atoms with E-state index in [-0.39, 0.29) is 17.9 Å². The van der Waals surface area contributed by atoms with Crippen LogP contribution in [-0.2, 0) is 16.6 Å². The minimum atomic E-state index is -1.22. The molecule has 0 aliphatic carbocycles. The summed E-state index contributed by atoms with van der Waals surface area (Å²) in [6.45, 7) is 2.73. The van der Waals surface area contributed by atoms with Gasteiger partial charge in [-0.3, -0.25) is 29.8 Å². The van der Waals surface area contributed by atoms with Crippen molar-refractivity contribution in [2.24, 2.45) is 7.05 Å². The molecule has 1 aliphatic heterocycles. The van der Waals surface area contributed by atoms with E-state index in [1.807, 2.05) is 0 Å². The maximum absolute atomic E-state index is 12.5. The van der Waals surface area contributed by atoms with Crippen LogP contribution in [0.2, 0.25) is 0 Å². The average molecular weight is 294 g/mol. The molecule has 9 heteroatoms. The van der Waals surface area contributed by atoms with Crippen molar-refractivity contribution >= 4 is 23.4 Å². The summed E-state index contributed by atoms with van der Waals surface area (Å²) in [6.07, 6.45) is 1.20. The van der Waals surface area contributed by atoms with Gasteiger partial charge < -0.3 is 9.47 Å². The van der Waals surface area contributed by atoms with Crippen molar-refractivity contribution < 1.29 is 19.3 Å². The van der Waals surface area contributed by atoms with Crippen molar-refractivity contribution in [1.29, 1.82) is 0 Å². The number of rotatable bonds is 2. The highest BCUT2D eigenvalue weighted by atomic mass is 16.6. The molecule has 0 radical (unpaired) electrons. The van der Waals surface area contributed by atoms with Crippen molar-refractivity contribution in [2.75, 3.05) is 6.54 Å². The zero-order valence-electron chi connectivity index (χ0n) is 11.7. The molecule has 21 heavy (non-hydrogen) atoms. The minimum absolute atomic E-state index is 0.0391. The Balaban J connectivity index is 2.41. The molecule has 0 atom stereocenters. The molecule has 1 fully saturated rings. The van der Waals surface area contributed by atoms with Gasteiger partial charge in [0.15, 0.2) is 0 Å². The number of piperazine rings is 1. The first-order valence-corrected chi connectivity index (χ1v) is 6.11. The van der Waals surface area contributed by atoms with Gasteiger partial charge in [-0.25, -0.2) is 0 Å². The van der Waals surface area contributed by atoms with Crippen LogP contribution in [0.25, 0.3) is 0 Å².